The van der Waals surface area contributed by atoms with Crippen LogP contribution in [0.15, 0.2) is 40.9 Å². The zero-order valence-corrected chi connectivity index (χ0v) is 12.5. The van der Waals surface area contributed by atoms with E-state index in [1.165, 1.54) is 18.2 Å². The normalized spacial score (nSPS) is 10.2. The summed E-state index contributed by atoms with van der Waals surface area (Å²) in [6.07, 6.45) is 0. The van der Waals surface area contributed by atoms with Gasteiger partial charge in [-0.3, -0.25) is 10.1 Å². The second-order valence-corrected chi connectivity index (χ2v) is 5.24. The van der Waals surface area contributed by atoms with Crippen LogP contribution in [0, 0.1) is 17.0 Å². The molecule has 2 aromatic carbocycles. The van der Waals surface area contributed by atoms with E-state index < -0.39 is 16.6 Å². The number of hydrogen-bond donors (Lipinski definition) is 2. The number of nitrogens with one attached hydrogen (secondary N) is 1. The summed E-state index contributed by atoms with van der Waals surface area (Å²) in [5, 5.41) is 22.9. The summed E-state index contributed by atoms with van der Waals surface area (Å²) in [7, 11) is 0. The molecule has 0 aliphatic heterocycles. The average molecular weight is 351 g/mol. The standard InChI is InChI=1S/C14H11BrN2O4/c1-8-2-3-9(6-12(8)15)16-10-4-5-11(14(18)19)13(7-10)17(20)21/h2-7,16H,1H3,(H,18,19). The topological polar surface area (TPSA) is 92.5 Å². The van der Waals surface area contributed by atoms with E-state index >= 15 is 0 Å². The predicted octanol–water partition coefficient (Wildman–Crippen LogP) is 4.11. The molecule has 0 saturated carbocycles. The minimum atomic E-state index is -1.33. The largest absolute Gasteiger partial charge is 0.477 e. The van der Waals surface area contributed by atoms with Crippen LogP contribution >= 0.6 is 15.9 Å². The molecule has 0 spiro atoms. The quantitative estimate of drug-likeness (QED) is 0.639. The number of carboxylic acid groups (broad SMARTS) is 1. The Balaban J connectivity index is 2.36. The Morgan fingerprint density at radius 2 is 1.86 bits per heavy atom. The van der Waals surface area contributed by atoms with Gasteiger partial charge in [0.2, 0.25) is 0 Å². The highest BCUT2D eigenvalue weighted by Gasteiger charge is 2.20. The van der Waals surface area contributed by atoms with Gasteiger partial charge in [0.05, 0.1) is 4.92 Å². The van der Waals surface area contributed by atoms with Crippen LogP contribution in [0.4, 0.5) is 17.1 Å². The lowest BCUT2D eigenvalue weighted by Gasteiger charge is -2.09. The van der Waals surface area contributed by atoms with Crippen LogP contribution in [0.3, 0.4) is 0 Å². The van der Waals surface area contributed by atoms with Crippen molar-refractivity contribution >= 4 is 39.0 Å². The number of aromatic carboxylic acids is 1. The number of anilines is 2. The number of hydrogen-bond acceptors (Lipinski definition) is 4. The van der Waals surface area contributed by atoms with Crippen molar-refractivity contribution in [2.45, 2.75) is 6.92 Å². The van der Waals surface area contributed by atoms with Crippen LogP contribution in [0.25, 0.3) is 0 Å². The molecular formula is C14H11BrN2O4. The molecule has 6 nitrogen and oxygen atoms in total. The van der Waals surface area contributed by atoms with Gasteiger partial charge in [-0.1, -0.05) is 22.0 Å². The summed E-state index contributed by atoms with van der Waals surface area (Å²) in [6, 6.07) is 9.48. The molecule has 21 heavy (non-hydrogen) atoms. The lowest BCUT2D eigenvalue weighted by atomic mass is 10.1. The number of carbonyl (C=O) groups is 1. The van der Waals surface area contributed by atoms with Crippen LogP contribution < -0.4 is 5.32 Å². The lowest BCUT2D eigenvalue weighted by molar-refractivity contribution is -0.385. The van der Waals surface area contributed by atoms with Gasteiger partial charge < -0.3 is 10.4 Å². The lowest BCUT2D eigenvalue weighted by Crippen LogP contribution is -2.03. The van der Waals surface area contributed by atoms with Crippen LogP contribution in [-0.2, 0) is 0 Å². The Bertz CT molecular complexity index is 731. The minimum absolute atomic E-state index is 0.337. The van der Waals surface area contributed by atoms with Crippen molar-refractivity contribution in [3.05, 3.63) is 62.1 Å². The van der Waals surface area contributed by atoms with Gasteiger partial charge in [-0.15, -0.1) is 0 Å². The summed E-state index contributed by atoms with van der Waals surface area (Å²) in [6.45, 7) is 1.94. The molecule has 0 amide bonds. The summed E-state index contributed by atoms with van der Waals surface area (Å²) in [4.78, 5) is 21.2. The van der Waals surface area contributed by atoms with Crippen molar-refractivity contribution < 1.29 is 14.8 Å². The highest BCUT2D eigenvalue weighted by atomic mass is 79.9. The maximum atomic E-state index is 10.9. The first-order valence-electron chi connectivity index (χ1n) is 5.93. The number of nitrogens with zero attached hydrogens (tertiary/aromatic N) is 1. The first-order chi connectivity index (χ1) is 9.88. The van der Waals surface area contributed by atoms with Crippen LogP contribution in [0.1, 0.15) is 15.9 Å². The van der Waals surface area contributed by atoms with E-state index in [1.807, 2.05) is 25.1 Å². The molecule has 0 aliphatic carbocycles. The molecule has 0 atom stereocenters. The Hall–Kier alpha value is -2.41. The number of nitro groups is 1. The molecule has 0 radical (unpaired) electrons. The van der Waals surface area contributed by atoms with Gasteiger partial charge in [-0.05, 0) is 36.8 Å². The number of benzene rings is 2. The Kier molecular flexibility index (Phi) is 4.23. The fraction of sp³-hybridized carbons (Fsp3) is 0.0714. The fourth-order valence-electron chi connectivity index (χ4n) is 1.78. The van der Waals surface area contributed by atoms with E-state index in [1.54, 1.807) is 0 Å². The molecule has 2 aromatic rings. The molecule has 0 heterocycles. The minimum Gasteiger partial charge on any atom is -0.477 e. The molecule has 0 aromatic heterocycles. The first kappa shape index (κ1) is 15.0. The zero-order valence-electron chi connectivity index (χ0n) is 11.0. The van der Waals surface area contributed by atoms with E-state index in [0.717, 1.165) is 15.7 Å². The van der Waals surface area contributed by atoms with Gasteiger partial charge >= 0.3 is 5.97 Å². The van der Waals surface area contributed by atoms with Crippen molar-refractivity contribution in [1.82, 2.24) is 0 Å². The van der Waals surface area contributed by atoms with E-state index in [4.69, 9.17) is 5.11 Å². The second kappa shape index (κ2) is 5.92. The average Bonchev–Trinajstić information content (AvgIpc) is 2.42. The van der Waals surface area contributed by atoms with Gasteiger partial charge in [0.1, 0.15) is 5.56 Å². The summed E-state index contributed by atoms with van der Waals surface area (Å²) in [5.41, 5.74) is 1.47. The van der Waals surface area contributed by atoms with E-state index in [2.05, 4.69) is 21.2 Å². The van der Waals surface area contributed by atoms with Crippen molar-refractivity contribution in [2.24, 2.45) is 0 Å². The molecule has 0 bridgehead atoms. The molecule has 108 valence electrons. The first-order valence-corrected chi connectivity index (χ1v) is 6.72. The van der Waals surface area contributed by atoms with Crippen LogP contribution in [0.2, 0.25) is 0 Å². The molecule has 0 saturated heterocycles. The fourth-order valence-corrected chi connectivity index (χ4v) is 2.16. The van der Waals surface area contributed by atoms with Gasteiger partial charge in [-0.2, -0.15) is 0 Å². The van der Waals surface area contributed by atoms with Gasteiger partial charge in [-0.25, -0.2) is 4.79 Å². The second-order valence-electron chi connectivity index (χ2n) is 4.38. The van der Waals surface area contributed by atoms with Crippen molar-refractivity contribution in [1.29, 1.82) is 0 Å². The van der Waals surface area contributed by atoms with Crippen LogP contribution in [-0.4, -0.2) is 16.0 Å². The highest BCUT2D eigenvalue weighted by molar-refractivity contribution is 9.10. The molecule has 0 aliphatic rings. The van der Waals surface area contributed by atoms with Crippen LogP contribution in [0.5, 0.6) is 0 Å². The number of aryl methyl sites for hydroxylation is 1. The van der Waals surface area contributed by atoms with Gasteiger partial charge in [0, 0.05) is 21.9 Å². The predicted molar refractivity (Wildman–Crippen MR) is 82.2 cm³/mol. The molecule has 7 heteroatoms. The van der Waals surface area contributed by atoms with E-state index in [0.29, 0.717) is 5.69 Å². The third-order valence-corrected chi connectivity index (χ3v) is 3.74. The van der Waals surface area contributed by atoms with Crippen molar-refractivity contribution in [2.75, 3.05) is 5.32 Å². The Labute approximate surface area is 128 Å². The summed E-state index contributed by atoms with van der Waals surface area (Å²) in [5.74, 6) is -1.33. The molecule has 2 N–H and O–H groups in total. The maximum Gasteiger partial charge on any atom is 0.342 e. The maximum absolute atomic E-state index is 10.9. The zero-order chi connectivity index (χ0) is 15.6. The summed E-state index contributed by atoms with van der Waals surface area (Å²) < 4.78 is 0.907. The molecular weight excluding hydrogens is 340 g/mol. The van der Waals surface area contributed by atoms with Gasteiger partial charge in [0.15, 0.2) is 0 Å². The number of rotatable bonds is 4. The van der Waals surface area contributed by atoms with E-state index in [-0.39, 0.29) is 5.56 Å². The number of halogens is 1. The third-order valence-electron chi connectivity index (χ3n) is 2.89. The highest BCUT2D eigenvalue weighted by Crippen LogP contribution is 2.27. The number of nitro benzene ring substituents is 1. The summed E-state index contributed by atoms with van der Waals surface area (Å²) >= 11 is 3.40. The van der Waals surface area contributed by atoms with E-state index in [9.17, 15) is 14.9 Å². The Morgan fingerprint density at radius 1 is 1.24 bits per heavy atom. The molecule has 0 fully saturated rings. The monoisotopic (exact) mass is 350 g/mol. The van der Waals surface area contributed by atoms with Gasteiger partial charge in [0.25, 0.3) is 5.69 Å². The smallest absolute Gasteiger partial charge is 0.342 e. The van der Waals surface area contributed by atoms with Crippen molar-refractivity contribution in [3.8, 4) is 0 Å². The number of carboxylic acids is 1. The SMILES string of the molecule is Cc1ccc(Nc2ccc(C(=O)O)c([N+](=O)[O-])c2)cc1Br. The third kappa shape index (κ3) is 3.38. The molecule has 2 rings (SSSR count). The Morgan fingerprint density at radius 3 is 2.43 bits per heavy atom. The molecule has 0 unspecified atom stereocenters. The van der Waals surface area contributed by atoms with Crippen molar-refractivity contribution in [3.63, 3.8) is 0 Å².